The molecule has 0 radical (unpaired) electrons. The SMILES string of the molecule is CN(Cc1ccc2c(c1)OCCO2)C(=O)NC1CCCCCC1. The highest BCUT2D eigenvalue weighted by Gasteiger charge is 2.18. The van der Waals surface area contributed by atoms with Crippen LogP contribution in [0.4, 0.5) is 4.79 Å². The number of benzene rings is 1. The van der Waals surface area contributed by atoms with Gasteiger partial charge in [0.15, 0.2) is 11.5 Å². The molecule has 0 spiro atoms. The van der Waals surface area contributed by atoms with E-state index in [1.165, 1.54) is 25.7 Å². The molecule has 0 aromatic heterocycles. The summed E-state index contributed by atoms with van der Waals surface area (Å²) >= 11 is 0. The molecular formula is C18H26N2O3. The molecule has 3 rings (SSSR count). The third kappa shape index (κ3) is 4.30. The zero-order chi connectivity index (χ0) is 16.1. The molecule has 0 atom stereocenters. The minimum absolute atomic E-state index is 0.00629. The van der Waals surface area contributed by atoms with Crippen molar-refractivity contribution in [2.24, 2.45) is 0 Å². The van der Waals surface area contributed by atoms with Crippen molar-refractivity contribution in [3.05, 3.63) is 23.8 Å². The van der Waals surface area contributed by atoms with E-state index in [9.17, 15) is 4.79 Å². The molecule has 126 valence electrons. The molecule has 0 unspecified atom stereocenters. The quantitative estimate of drug-likeness (QED) is 0.870. The number of nitrogens with zero attached hydrogens (tertiary/aromatic N) is 1. The fourth-order valence-electron chi connectivity index (χ4n) is 3.24. The summed E-state index contributed by atoms with van der Waals surface area (Å²) in [5.74, 6) is 1.55. The van der Waals surface area contributed by atoms with E-state index in [0.717, 1.165) is 29.9 Å². The zero-order valence-electron chi connectivity index (χ0n) is 13.8. The van der Waals surface area contributed by atoms with E-state index >= 15 is 0 Å². The Morgan fingerprint density at radius 3 is 2.57 bits per heavy atom. The van der Waals surface area contributed by atoms with Crippen LogP contribution in [0.2, 0.25) is 0 Å². The van der Waals surface area contributed by atoms with Crippen LogP contribution < -0.4 is 14.8 Å². The van der Waals surface area contributed by atoms with Crippen molar-refractivity contribution in [2.45, 2.75) is 51.1 Å². The maximum atomic E-state index is 12.4. The van der Waals surface area contributed by atoms with E-state index in [4.69, 9.17) is 9.47 Å². The number of nitrogens with one attached hydrogen (secondary N) is 1. The van der Waals surface area contributed by atoms with Crippen LogP contribution in [0.5, 0.6) is 11.5 Å². The Balaban J connectivity index is 1.55. The number of urea groups is 1. The van der Waals surface area contributed by atoms with Gasteiger partial charge in [-0.3, -0.25) is 0 Å². The first-order valence-corrected chi connectivity index (χ1v) is 8.62. The van der Waals surface area contributed by atoms with E-state index in [1.807, 2.05) is 25.2 Å². The summed E-state index contributed by atoms with van der Waals surface area (Å²) in [4.78, 5) is 14.1. The van der Waals surface area contributed by atoms with Crippen LogP contribution in [0.25, 0.3) is 0 Å². The van der Waals surface area contributed by atoms with E-state index in [-0.39, 0.29) is 6.03 Å². The number of fused-ring (bicyclic) bond motifs is 1. The predicted octanol–water partition coefficient (Wildman–Crippen LogP) is 3.32. The molecule has 1 N–H and O–H groups in total. The summed E-state index contributed by atoms with van der Waals surface area (Å²) in [5.41, 5.74) is 1.05. The Hall–Kier alpha value is -1.91. The molecule has 0 bridgehead atoms. The topological polar surface area (TPSA) is 50.8 Å². The van der Waals surface area contributed by atoms with Gasteiger partial charge in [-0.1, -0.05) is 31.7 Å². The highest BCUT2D eigenvalue weighted by Crippen LogP contribution is 2.31. The number of hydrogen-bond acceptors (Lipinski definition) is 3. The maximum absolute atomic E-state index is 12.4. The normalized spacial score (nSPS) is 18.1. The van der Waals surface area contributed by atoms with Crippen molar-refractivity contribution < 1.29 is 14.3 Å². The highest BCUT2D eigenvalue weighted by atomic mass is 16.6. The van der Waals surface area contributed by atoms with Gasteiger partial charge in [-0.05, 0) is 30.5 Å². The van der Waals surface area contributed by atoms with Crippen LogP contribution in [0.15, 0.2) is 18.2 Å². The third-order valence-electron chi connectivity index (χ3n) is 4.56. The predicted molar refractivity (Wildman–Crippen MR) is 88.9 cm³/mol. The minimum Gasteiger partial charge on any atom is -0.486 e. The van der Waals surface area contributed by atoms with Gasteiger partial charge < -0.3 is 19.7 Å². The highest BCUT2D eigenvalue weighted by molar-refractivity contribution is 5.74. The molecule has 1 aromatic carbocycles. The Labute approximate surface area is 137 Å². The fraction of sp³-hybridized carbons (Fsp3) is 0.611. The largest absolute Gasteiger partial charge is 0.486 e. The smallest absolute Gasteiger partial charge is 0.317 e. The van der Waals surface area contributed by atoms with E-state index < -0.39 is 0 Å². The molecule has 1 fully saturated rings. The first-order chi connectivity index (χ1) is 11.2. The number of hydrogen-bond donors (Lipinski definition) is 1. The number of ether oxygens (including phenoxy) is 2. The Kier molecular flexibility index (Phi) is 5.26. The fourth-order valence-corrected chi connectivity index (χ4v) is 3.24. The van der Waals surface area contributed by atoms with Crippen LogP contribution in [0.3, 0.4) is 0 Å². The van der Waals surface area contributed by atoms with Crippen molar-refractivity contribution >= 4 is 6.03 Å². The Morgan fingerprint density at radius 2 is 1.83 bits per heavy atom. The lowest BCUT2D eigenvalue weighted by Crippen LogP contribution is -2.42. The van der Waals surface area contributed by atoms with Gasteiger partial charge in [0.2, 0.25) is 0 Å². The average molecular weight is 318 g/mol. The van der Waals surface area contributed by atoms with Crippen LogP contribution in [-0.2, 0) is 6.54 Å². The molecular weight excluding hydrogens is 292 g/mol. The maximum Gasteiger partial charge on any atom is 0.317 e. The summed E-state index contributed by atoms with van der Waals surface area (Å²) in [6.07, 6.45) is 7.22. The summed E-state index contributed by atoms with van der Waals surface area (Å²) in [6.45, 7) is 1.74. The zero-order valence-corrected chi connectivity index (χ0v) is 13.8. The van der Waals surface area contributed by atoms with E-state index in [1.54, 1.807) is 4.90 Å². The molecule has 23 heavy (non-hydrogen) atoms. The summed E-state index contributed by atoms with van der Waals surface area (Å²) in [6, 6.07) is 6.20. The third-order valence-corrected chi connectivity index (χ3v) is 4.56. The summed E-state index contributed by atoms with van der Waals surface area (Å²) < 4.78 is 11.1. The Bertz CT molecular complexity index is 539. The molecule has 5 heteroatoms. The first-order valence-electron chi connectivity index (χ1n) is 8.62. The van der Waals surface area contributed by atoms with Crippen LogP contribution >= 0.6 is 0 Å². The molecule has 1 aliphatic carbocycles. The van der Waals surface area contributed by atoms with E-state index in [0.29, 0.717) is 25.8 Å². The van der Waals surface area contributed by atoms with Gasteiger partial charge >= 0.3 is 6.03 Å². The van der Waals surface area contributed by atoms with Gasteiger partial charge in [0.25, 0.3) is 0 Å². The number of carbonyl (C=O) groups excluding carboxylic acids is 1. The van der Waals surface area contributed by atoms with Gasteiger partial charge in [0.05, 0.1) is 0 Å². The van der Waals surface area contributed by atoms with Crippen molar-refractivity contribution in [1.82, 2.24) is 10.2 Å². The van der Waals surface area contributed by atoms with Crippen LogP contribution in [0, 0.1) is 0 Å². The van der Waals surface area contributed by atoms with Crippen molar-refractivity contribution in [1.29, 1.82) is 0 Å². The Morgan fingerprint density at radius 1 is 1.13 bits per heavy atom. The molecule has 1 aromatic rings. The van der Waals surface area contributed by atoms with Gasteiger partial charge in [-0.25, -0.2) is 4.79 Å². The number of amides is 2. The number of carbonyl (C=O) groups is 1. The molecule has 2 amide bonds. The monoisotopic (exact) mass is 318 g/mol. The lowest BCUT2D eigenvalue weighted by molar-refractivity contribution is 0.171. The molecule has 1 aliphatic heterocycles. The van der Waals surface area contributed by atoms with Crippen LogP contribution in [-0.4, -0.2) is 37.2 Å². The summed E-state index contributed by atoms with van der Waals surface area (Å²) in [7, 11) is 1.84. The van der Waals surface area contributed by atoms with Crippen molar-refractivity contribution in [3.63, 3.8) is 0 Å². The summed E-state index contributed by atoms with van der Waals surface area (Å²) in [5, 5.41) is 3.17. The average Bonchev–Trinajstić information content (AvgIpc) is 2.83. The molecule has 1 saturated carbocycles. The van der Waals surface area contributed by atoms with Crippen molar-refractivity contribution in [3.8, 4) is 11.5 Å². The molecule has 0 saturated heterocycles. The van der Waals surface area contributed by atoms with Gasteiger partial charge in [0.1, 0.15) is 13.2 Å². The lowest BCUT2D eigenvalue weighted by atomic mass is 10.1. The van der Waals surface area contributed by atoms with Gasteiger partial charge in [0, 0.05) is 19.6 Å². The first kappa shape index (κ1) is 16.0. The molecule has 2 aliphatic rings. The minimum atomic E-state index is 0.00629. The second-order valence-corrected chi connectivity index (χ2v) is 6.47. The number of rotatable bonds is 3. The van der Waals surface area contributed by atoms with Crippen LogP contribution in [0.1, 0.15) is 44.1 Å². The lowest BCUT2D eigenvalue weighted by Gasteiger charge is -2.24. The van der Waals surface area contributed by atoms with Crippen molar-refractivity contribution in [2.75, 3.05) is 20.3 Å². The molecule has 5 nitrogen and oxygen atoms in total. The van der Waals surface area contributed by atoms with E-state index in [2.05, 4.69) is 5.32 Å². The second-order valence-electron chi connectivity index (χ2n) is 6.47. The standard InChI is InChI=1S/C18H26N2O3/c1-20(18(21)19-15-6-4-2-3-5-7-15)13-14-8-9-16-17(12-14)23-11-10-22-16/h8-9,12,15H,2-7,10-11,13H2,1H3,(H,19,21). The van der Waals surface area contributed by atoms with Gasteiger partial charge in [-0.2, -0.15) is 0 Å². The second kappa shape index (κ2) is 7.57. The molecule has 1 heterocycles. The van der Waals surface area contributed by atoms with Gasteiger partial charge in [-0.15, -0.1) is 0 Å².